The molecule has 1 atom stereocenters. The molecule has 0 saturated heterocycles. The lowest BCUT2D eigenvalue weighted by molar-refractivity contribution is 0.714. The Morgan fingerprint density at radius 2 is 0.891 bits per heavy atom. The molecule has 13 rings (SSSR count). The number of thiophene rings is 2. The molecule has 9 aromatic carbocycles. The van der Waals surface area contributed by atoms with Gasteiger partial charge in [0.15, 0.2) is 5.82 Å². The van der Waals surface area contributed by atoms with Gasteiger partial charge in [0, 0.05) is 62.4 Å². The molecular weight excluding hydrogens is 813 g/mol. The molecule has 300 valence electrons. The number of nitrogens with zero attached hydrogens (tertiary/aromatic N) is 2. The van der Waals surface area contributed by atoms with Crippen molar-refractivity contribution in [2.75, 3.05) is 0 Å². The van der Waals surface area contributed by atoms with Gasteiger partial charge in [-0.15, -0.1) is 22.7 Å². The zero-order valence-electron chi connectivity index (χ0n) is 34.9. The highest BCUT2D eigenvalue weighted by molar-refractivity contribution is 7.26. The van der Waals surface area contributed by atoms with Gasteiger partial charge in [0.05, 0.1) is 11.4 Å². The van der Waals surface area contributed by atoms with Crippen molar-refractivity contribution in [2.45, 2.75) is 12.3 Å². The van der Waals surface area contributed by atoms with Crippen LogP contribution in [0.4, 0.5) is 0 Å². The molecule has 1 unspecified atom stereocenters. The largest absolute Gasteiger partial charge is 0.228 e. The second-order valence-electron chi connectivity index (χ2n) is 17.0. The predicted octanol–water partition coefficient (Wildman–Crippen LogP) is 16.9. The number of fused-ring (bicyclic) bond motifs is 9. The molecule has 1 aliphatic rings. The molecule has 0 saturated carbocycles. The lowest BCUT2D eigenvalue weighted by Gasteiger charge is -2.28. The maximum absolute atomic E-state index is 5.48. The molecule has 64 heavy (non-hydrogen) atoms. The molecule has 0 N–H and O–H groups in total. The minimum atomic E-state index is -0.331. The first-order valence-electron chi connectivity index (χ1n) is 21.8. The summed E-state index contributed by atoms with van der Waals surface area (Å²) in [5.41, 5.74) is 15.7. The van der Waals surface area contributed by atoms with Gasteiger partial charge in [-0.2, -0.15) is 0 Å². The van der Waals surface area contributed by atoms with Crippen LogP contribution in [0, 0.1) is 0 Å². The Balaban J connectivity index is 1.06. The average Bonchev–Trinajstić information content (AvgIpc) is 4.01. The molecule has 3 heterocycles. The van der Waals surface area contributed by atoms with Crippen molar-refractivity contribution in [2.24, 2.45) is 0 Å². The first kappa shape index (κ1) is 37.1. The number of hydrogen-bond acceptors (Lipinski definition) is 4. The highest BCUT2D eigenvalue weighted by atomic mass is 32.1. The van der Waals surface area contributed by atoms with Crippen LogP contribution >= 0.6 is 22.7 Å². The van der Waals surface area contributed by atoms with Crippen LogP contribution in [-0.4, -0.2) is 9.97 Å². The Morgan fingerprint density at radius 1 is 0.344 bits per heavy atom. The van der Waals surface area contributed by atoms with Crippen molar-refractivity contribution in [3.8, 4) is 67.3 Å². The van der Waals surface area contributed by atoms with E-state index in [2.05, 4.69) is 219 Å². The zero-order valence-corrected chi connectivity index (χ0v) is 36.6. The molecular formula is C60H38N2S2. The van der Waals surface area contributed by atoms with Crippen molar-refractivity contribution in [3.05, 3.63) is 229 Å². The third-order valence-corrected chi connectivity index (χ3v) is 15.7. The molecule has 12 aromatic rings. The van der Waals surface area contributed by atoms with Crippen molar-refractivity contribution in [1.29, 1.82) is 0 Å². The summed E-state index contributed by atoms with van der Waals surface area (Å²) >= 11 is 3.71. The van der Waals surface area contributed by atoms with E-state index in [1.165, 1.54) is 79.3 Å². The van der Waals surface area contributed by atoms with Crippen LogP contribution in [0.15, 0.2) is 212 Å². The quantitative estimate of drug-likeness (QED) is 0.167. The summed E-state index contributed by atoms with van der Waals surface area (Å²) in [6.07, 6.45) is 0. The van der Waals surface area contributed by atoms with Gasteiger partial charge in [0.25, 0.3) is 0 Å². The zero-order chi connectivity index (χ0) is 42.4. The summed E-state index contributed by atoms with van der Waals surface area (Å²) in [5.74, 6) is 0.699. The van der Waals surface area contributed by atoms with Gasteiger partial charge < -0.3 is 0 Å². The highest BCUT2D eigenvalue weighted by Crippen LogP contribution is 2.53. The van der Waals surface area contributed by atoms with E-state index in [0.717, 1.165) is 39.2 Å². The Labute approximate surface area is 379 Å². The molecule has 0 bridgehead atoms. The van der Waals surface area contributed by atoms with E-state index in [1.807, 2.05) is 22.7 Å². The van der Waals surface area contributed by atoms with Crippen LogP contribution in [0.25, 0.3) is 108 Å². The normalized spacial score (nSPS) is 14.4. The smallest absolute Gasteiger partial charge is 0.160 e. The number of aromatic nitrogens is 2. The van der Waals surface area contributed by atoms with E-state index >= 15 is 0 Å². The Hall–Kier alpha value is -7.50. The first-order valence-corrected chi connectivity index (χ1v) is 23.4. The molecule has 3 aromatic heterocycles. The van der Waals surface area contributed by atoms with Crippen molar-refractivity contribution >= 4 is 63.0 Å². The maximum atomic E-state index is 5.48. The summed E-state index contributed by atoms with van der Waals surface area (Å²) in [5, 5.41) is 5.13. The van der Waals surface area contributed by atoms with Crippen LogP contribution in [0.5, 0.6) is 0 Å². The Bertz CT molecular complexity index is 3810. The average molecular weight is 851 g/mol. The fourth-order valence-corrected chi connectivity index (χ4v) is 12.4. The first-order chi connectivity index (χ1) is 31.6. The topological polar surface area (TPSA) is 25.8 Å². The fraction of sp³-hybridized carbons (Fsp3) is 0.0333. The van der Waals surface area contributed by atoms with Gasteiger partial charge >= 0.3 is 0 Å². The van der Waals surface area contributed by atoms with Gasteiger partial charge in [0.1, 0.15) is 0 Å². The van der Waals surface area contributed by atoms with Crippen molar-refractivity contribution < 1.29 is 0 Å². The van der Waals surface area contributed by atoms with Crippen LogP contribution in [0.2, 0.25) is 0 Å². The second-order valence-corrected chi connectivity index (χ2v) is 19.1. The van der Waals surface area contributed by atoms with E-state index in [-0.39, 0.29) is 5.41 Å². The van der Waals surface area contributed by atoms with Crippen LogP contribution in [-0.2, 0) is 5.41 Å². The van der Waals surface area contributed by atoms with Crippen LogP contribution in [0.3, 0.4) is 0 Å². The molecule has 0 fully saturated rings. The lowest BCUT2D eigenvalue weighted by atomic mass is 9.74. The lowest BCUT2D eigenvalue weighted by Crippen LogP contribution is -2.22. The van der Waals surface area contributed by atoms with Gasteiger partial charge in [-0.3, -0.25) is 0 Å². The van der Waals surface area contributed by atoms with Gasteiger partial charge in [-0.1, -0.05) is 164 Å². The predicted molar refractivity (Wildman–Crippen MR) is 272 cm³/mol. The van der Waals surface area contributed by atoms with E-state index in [0.29, 0.717) is 5.82 Å². The summed E-state index contributed by atoms with van der Waals surface area (Å²) in [7, 11) is 0. The summed E-state index contributed by atoms with van der Waals surface area (Å²) in [6, 6.07) is 77.6. The van der Waals surface area contributed by atoms with E-state index in [9.17, 15) is 0 Å². The summed E-state index contributed by atoms with van der Waals surface area (Å²) in [6.45, 7) is 2.37. The number of rotatable bonds is 6. The second kappa shape index (κ2) is 14.5. The Morgan fingerprint density at radius 3 is 1.64 bits per heavy atom. The number of benzene rings is 9. The standard InChI is InChI=1S/C60H38N2S2/c1-60(41-17-6-3-7-18-41)50-24-11-8-19-43(50)44-30-27-39(35-51(44)60)52-36-53(62-59(61-52)37-15-4-2-5-16-37)47-23-14-22-42(38-28-31-56-48(33-38)45-20-9-12-25-54(45)63-56)58(47)40-29-32-57-49(34-40)46-21-10-13-26-55(46)64-57/h2-36H,1H3. The minimum absolute atomic E-state index is 0.331. The van der Waals surface area contributed by atoms with Gasteiger partial charge in [-0.25, -0.2) is 9.97 Å². The van der Waals surface area contributed by atoms with Crippen LogP contribution < -0.4 is 0 Å². The fourth-order valence-electron chi connectivity index (χ4n) is 10.3. The summed E-state index contributed by atoms with van der Waals surface area (Å²) < 4.78 is 5.18. The molecule has 4 heteroatoms. The molecule has 0 radical (unpaired) electrons. The van der Waals surface area contributed by atoms with E-state index in [1.54, 1.807) is 0 Å². The molecule has 2 nitrogen and oxygen atoms in total. The minimum Gasteiger partial charge on any atom is -0.228 e. The molecule has 0 aliphatic heterocycles. The monoisotopic (exact) mass is 850 g/mol. The van der Waals surface area contributed by atoms with E-state index in [4.69, 9.17) is 9.97 Å². The SMILES string of the molecule is CC1(c2ccccc2)c2ccccc2-c2ccc(-c3cc(-c4cccc(-c5ccc6sc7ccccc7c6c5)c4-c4ccc5sc6ccccc6c5c4)nc(-c4ccccc4)n3)cc21. The summed E-state index contributed by atoms with van der Waals surface area (Å²) in [4.78, 5) is 10.9. The van der Waals surface area contributed by atoms with Gasteiger partial charge in [-0.05, 0) is 106 Å². The van der Waals surface area contributed by atoms with Gasteiger partial charge in [0.2, 0.25) is 0 Å². The van der Waals surface area contributed by atoms with Crippen molar-refractivity contribution in [1.82, 2.24) is 9.97 Å². The third kappa shape index (κ3) is 5.76. The molecule has 0 amide bonds. The molecule has 1 aliphatic carbocycles. The Kier molecular flexibility index (Phi) is 8.42. The number of hydrogen-bond donors (Lipinski definition) is 0. The van der Waals surface area contributed by atoms with E-state index < -0.39 is 0 Å². The third-order valence-electron chi connectivity index (χ3n) is 13.4. The maximum Gasteiger partial charge on any atom is 0.160 e. The van der Waals surface area contributed by atoms with Crippen molar-refractivity contribution in [3.63, 3.8) is 0 Å². The van der Waals surface area contributed by atoms with Crippen LogP contribution in [0.1, 0.15) is 23.6 Å². The highest BCUT2D eigenvalue weighted by Gasteiger charge is 2.40. The molecule has 0 spiro atoms.